The molecular weight excluding hydrogens is 254 g/mol. The number of phenolic OH excluding ortho intramolecular Hbond substituents is 1. The minimum atomic E-state index is 0.0891. The normalized spacial score (nSPS) is 11.2. The molecule has 0 radical (unpaired) electrons. The molecule has 0 unspecified atom stereocenters. The van der Waals surface area contributed by atoms with Crippen molar-refractivity contribution in [1.82, 2.24) is 0 Å². The Kier molecular flexibility index (Phi) is 4.44. The molecule has 4 N–H and O–H groups in total. The second-order valence-electron chi connectivity index (χ2n) is 4.16. The number of guanidine groups is 1. The number of nitrogens with one attached hydrogen (secondary N) is 1. The van der Waals surface area contributed by atoms with Crippen molar-refractivity contribution in [2.75, 3.05) is 12.4 Å². The summed E-state index contributed by atoms with van der Waals surface area (Å²) in [5.41, 5.74) is 7.32. The molecule has 0 fully saturated rings. The number of para-hydroxylation sites is 2. The Hall–Kier alpha value is -2.69. The molecule has 0 spiro atoms. The topological polar surface area (TPSA) is 79.9 Å². The van der Waals surface area contributed by atoms with Gasteiger partial charge >= 0.3 is 0 Å². The molecule has 0 aliphatic heterocycles. The molecule has 2 aromatic carbocycles. The van der Waals surface area contributed by atoms with Crippen LogP contribution in [-0.2, 0) is 6.54 Å². The molecule has 0 atom stereocenters. The van der Waals surface area contributed by atoms with Crippen LogP contribution in [0.4, 0.5) is 5.69 Å². The van der Waals surface area contributed by atoms with Gasteiger partial charge < -0.3 is 20.9 Å². The first-order valence-electron chi connectivity index (χ1n) is 6.17. The maximum Gasteiger partial charge on any atom is 0.193 e. The van der Waals surface area contributed by atoms with Crippen LogP contribution in [0, 0.1) is 0 Å². The highest BCUT2D eigenvalue weighted by molar-refractivity contribution is 5.92. The van der Waals surface area contributed by atoms with Gasteiger partial charge in [0.15, 0.2) is 17.5 Å². The average molecular weight is 271 g/mol. The lowest BCUT2D eigenvalue weighted by atomic mass is 10.2. The smallest absolute Gasteiger partial charge is 0.193 e. The minimum absolute atomic E-state index is 0.0891. The van der Waals surface area contributed by atoms with E-state index in [9.17, 15) is 5.11 Å². The van der Waals surface area contributed by atoms with Gasteiger partial charge in [-0.05, 0) is 18.2 Å². The highest BCUT2D eigenvalue weighted by Crippen LogP contribution is 2.29. The van der Waals surface area contributed by atoms with Crippen LogP contribution in [0.15, 0.2) is 53.5 Å². The van der Waals surface area contributed by atoms with Gasteiger partial charge in [-0.1, -0.05) is 30.3 Å². The minimum Gasteiger partial charge on any atom is -0.504 e. The summed E-state index contributed by atoms with van der Waals surface area (Å²) in [4.78, 5) is 4.19. The molecule has 0 heterocycles. The lowest BCUT2D eigenvalue weighted by molar-refractivity contribution is 0.370. The second-order valence-corrected chi connectivity index (χ2v) is 4.16. The monoisotopic (exact) mass is 271 g/mol. The van der Waals surface area contributed by atoms with E-state index in [0.29, 0.717) is 17.3 Å². The molecule has 0 aliphatic rings. The summed E-state index contributed by atoms with van der Waals surface area (Å²) >= 11 is 0. The van der Waals surface area contributed by atoms with Crippen molar-refractivity contribution in [3.63, 3.8) is 0 Å². The average Bonchev–Trinajstić information content (AvgIpc) is 2.47. The first kappa shape index (κ1) is 13.7. The van der Waals surface area contributed by atoms with Gasteiger partial charge in [0.2, 0.25) is 0 Å². The largest absolute Gasteiger partial charge is 0.504 e. The Morgan fingerprint density at radius 2 is 1.95 bits per heavy atom. The SMILES string of the molecule is COc1cccc(CN=C(N)Nc2ccccc2)c1O. The molecule has 0 aromatic heterocycles. The number of methoxy groups -OCH3 is 1. The third-order valence-corrected chi connectivity index (χ3v) is 2.77. The molecule has 0 saturated carbocycles. The van der Waals surface area contributed by atoms with E-state index in [1.807, 2.05) is 30.3 Å². The Bertz CT molecular complexity index is 597. The Morgan fingerprint density at radius 1 is 1.20 bits per heavy atom. The number of benzene rings is 2. The number of aliphatic imine (C=N–C) groups is 1. The van der Waals surface area contributed by atoms with Gasteiger partial charge in [-0.2, -0.15) is 0 Å². The standard InChI is InChI=1S/C15H17N3O2/c1-20-13-9-5-6-11(14(13)19)10-17-15(16)18-12-7-3-2-4-8-12/h2-9,19H,10H2,1H3,(H3,16,17,18). The van der Waals surface area contributed by atoms with Crippen LogP contribution in [0.2, 0.25) is 0 Å². The molecule has 5 heteroatoms. The Morgan fingerprint density at radius 3 is 2.65 bits per heavy atom. The molecule has 2 aromatic rings. The van der Waals surface area contributed by atoms with Crippen LogP contribution < -0.4 is 15.8 Å². The third kappa shape index (κ3) is 3.41. The number of rotatable bonds is 4. The van der Waals surface area contributed by atoms with Crippen molar-refractivity contribution in [1.29, 1.82) is 0 Å². The van der Waals surface area contributed by atoms with Crippen molar-refractivity contribution in [3.8, 4) is 11.5 Å². The van der Waals surface area contributed by atoms with Crippen LogP contribution >= 0.6 is 0 Å². The Labute approximate surface area is 117 Å². The number of hydrogen-bond donors (Lipinski definition) is 3. The van der Waals surface area contributed by atoms with Crippen molar-refractivity contribution in [3.05, 3.63) is 54.1 Å². The van der Waals surface area contributed by atoms with Gasteiger partial charge in [-0.15, -0.1) is 0 Å². The fourth-order valence-electron chi connectivity index (χ4n) is 1.74. The highest BCUT2D eigenvalue weighted by atomic mass is 16.5. The zero-order chi connectivity index (χ0) is 14.4. The number of aromatic hydroxyl groups is 1. The summed E-state index contributed by atoms with van der Waals surface area (Å²) in [5, 5.41) is 12.9. The van der Waals surface area contributed by atoms with Crippen molar-refractivity contribution < 1.29 is 9.84 Å². The first-order valence-corrected chi connectivity index (χ1v) is 6.17. The van der Waals surface area contributed by atoms with E-state index >= 15 is 0 Å². The molecule has 2 rings (SSSR count). The predicted octanol–water partition coefficient (Wildman–Crippen LogP) is 2.33. The molecule has 0 bridgehead atoms. The lowest BCUT2D eigenvalue weighted by Gasteiger charge is -2.08. The summed E-state index contributed by atoms with van der Waals surface area (Å²) < 4.78 is 5.04. The molecule has 0 aliphatic carbocycles. The number of phenols is 1. The zero-order valence-electron chi connectivity index (χ0n) is 11.2. The predicted molar refractivity (Wildman–Crippen MR) is 80.0 cm³/mol. The van der Waals surface area contributed by atoms with E-state index in [0.717, 1.165) is 5.69 Å². The highest BCUT2D eigenvalue weighted by Gasteiger charge is 2.06. The van der Waals surface area contributed by atoms with Crippen molar-refractivity contribution >= 4 is 11.6 Å². The van der Waals surface area contributed by atoms with Crippen LogP contribution in [-0.4, -0.2) is 18.2 Å². The van der Waals surface area contributed by atoms with E-state index < -0.39 is 0 Å². The third-order valence-electron chi connectivity index (χ3n) is 2.77. The molecule has 104 valence electrons. The molecular formula is C15H17N3O2. The maximum atomic E-state index is 9.94. The van der Waals surface area contributed by atoms with Crippen LogP contribution in [0.3, 0.4) is 0 Å². The van der Waals surface area contributed by atoms with E-state index in [4.69, 9.17) is 10.5 Å². The summed E-state index contributed by atoms with van der Waals surface area (Å²) in [6.07, 6.45) is 0. The van der Waals surface area contributed by atoms with E-state index in [1.165, 1.54) is 7.11 Å². The molecule has 0 amide bonds. The number of hydrogen-bond acceptors (Lipinski definition) is 3. The quantitative estimate of drug-likeness (QED) is 0.589. The summed E-state index contributed by atoms with van der Waals surface area (Å²) in [5.74, 6) is 0.803. The van der Waals surface area contributed by atoms with Crippen molar-refractivity contribution in [2.24, 2.45) is 10.7 Å². The lowest BCUT2D eigenvalue weighted by Crippen LogP contribution is -2.22. The summed E-state index contributed by atoms with van der Waals surface area (Å²) in [6, 6.07) is 14.8. The fourth-order valence-corrected chi connectivity index (χ4v) is 1.74. The van der Waals surface area contributed by atoms with Gasteiger partial charge in [0.05, 0.1) is 13.7 Å². The molecule has 0 saturated heterocycles. The van der Waals surface area contributed by atoms with Gasteiger partial charge in [0, 0.05) is 11.3 Å². The molecule has 5 nitrogen and oxygen atoms in total. The summed E-state index contributed by atoms with van der Waals surface area (Å²) in [7, 11) is 1.51. The molecule has 20 heavy (non-hydrogen) atoms. The van der Waals surface area contributed by atoms with E-state index in [2.05, 4.69) is 10.3 Å². The number of nitrogens with zero attached hydrogens (tertiary/aromatic N) is 1. The van der Waals surface area contributed by atoms with Gasteiger partial charge in [0.25, 0.3) is 0 Å². The number of anilines is 1. The van der Waals surface area contributed by atoms with E-state index in [1.54, 1.807) is 18.2 Å². The van der Waals surface area contributed by atoms with Gasteiger partial charge in [0.1, 0.15) is 0 Å². The second kappa shape index (κ2) is 6.47. The fraction of sp³-hybridized carbons (Fsp3) is 0.133. The maximum absolute atomic E-state index is 9.94. The van der Waals surface area contributed by atoms with Gasteiger partial charge in [-0.25, -0.2) is 4.99 Å². The van der Waals surface area contributed by atoms with Crippen LogP contribution in [0.25, 0.3) is 0 Å². The van der Waals surface area contributed by atoms with Gasteiger partial charge in [-0.3, -0.25) is 0 Å². The van der Waals surface area contributed by atoms with E-state index in [-0.39, 0.29) is 12.3 Å². The summed E-state index contributed by atoms with van der Waals surface area (Å²) in [6.45, 7) is 0.273. The Balaban J connectivity index is 2.05. The number of ether oxygens (including phenoxy) is 1. The van der Waals surface area contributed by atoms with Crippen LogP contribution in [0.5, 0.6) is 11.5 Å². The zero-order valence-corrected chi connectivity index (χ0v) is 11.2. The van der Waals surface area contributed by atoms with Crippen molar-refractivity contribution in [2.45, 2.75) is 6.54 Å². The first-order chi connectivity index (χ1) is 9.70. The van der Waals surface area contributed by atoms with Crippen LogP contribution in [0.1, 0.15) is 5.56 Å². The number of nitrogens with two attached hydrogens (primary N) is 1.